The average Bonchev–Trinajstić information content (AvgIpc) is 0.958. The second-order valence-electron chi connectivity index (χ2n) is 31.2. The number of hydrogen-bond acceptors (Lipinski definition) is 15. The van der Waals surface area contributed by atoms with E-state index in [1.54, 1.807) is 0 Å². The molecule has 0 aliphatic rings. The number of carbonyl (C=O) groups is 4. The molecule has 0 aromatic rings. The molecule has 0 heterocycles. The standard InChI is InChI=1S/C84H164O17P2/c1-7-9-11-13-15-17-19-21-22-23-24-25-26-27-30-35-39-43-51-57-63-69-84(89)100-79(72-94-81(86)66-60-54-48-41-37-34-31-28-29-33-36-40-46-52-58-64-76(3)4)74-98-102(90,91)96-70-78(85)71-97-103(92,93)99-75-80(73-95-82(87)67-61-55-49-45-44-47-53-59-65-77(5)6)101-83(88)68-62-56-50-42-38-32-20-18-16-14-12-10-8-2/h76-80,85H,7-75H2,1-6H3,(H,90,91)(H,92,93)/t78-,79-,80-/m1/s1. The van der Waals surface area contributed by atoms with E-state index >= 15 is 0 Å². The summed E-state index contributed by atoms with van der Waals surface area (Å²) in [5, 5.41) is 10.7. The minimum atomic E-state index is -4.96. The topological polar surface area (TPSA) is 237 Å². The molecule has 0 saturated carbocycles. The number of ether oxygens (including phenoxy) is 4. The highest BCUT2D eigenvalue weighted by atomic mass is 31.2. The summed E-state index contributed by atoms with van der Waals surface area (Å²) < 4.78 is 68.8. The lowest BCUT2D eigenvalue weighted by molar-refractivity contribution is -0.161. The van der Waals surface area contributed by atoms with Gasteiger partial charge in [-0.05, 0) is 37.5 Å². The summed E-state index contributed by atoms with van der Waals surface area (Å²) >= 11 is 0. The number of aliphatic hydroxyl groups is 1. The largest absolute Gasteiger partial charge is 0.472 e. The van der Waals surface area contributed by atoms with E-state index in [4.69, 9.17) is 37.0 Å². The van der Waals surface area contributed by atoms with Crippen molar-refractivity contribution in [3.63, 3.8) is 0 Å². The molecule has 3 N–H and O–H groups in total. The molecule has 0 fully saturated rings. The first-order valence-electron chi connectivity index (χ1n) is 43.5. The Hall–Kier alpha value is -1.94. The number of phosphoric acid groups is 2. The van der Waals surface area contributed by atoms with Crippen molar-refractivity contribution < 1.29 is 80.2 Å². The van der Waals surface area contributed by atoms with Crippen LogP contribution in [0.25, 0.3) is 0 Å². The first-order chi connectivity index (χ1) is 49.9. The molecule has 0 bridgehead atoms. The van der Waals surface area contributed by atoms with E-state index in [1.807, 2.05) is 0 Å². The summed E-state index contributed by atoms with van der Waals surface area (Å²) in [5.74, 6) is -0.572. The number of phosphoric ester groups is 2. The fourth-order valence-corrected chi connectivity index (χ4v) is 14.6. The first kappa shape index (κ1) is 101. The minimum Gasteiger partial charge on any atom is -0.462 e. The third kappa shape index (κ3) is 78.0. The Balaban J connectivity index is 5.23. The normalized spacial score (nSPS) is 13.9. The number of hydrogen-bond donors (Lipinski definition) is 3. The van der Waals surface area contributed by atoms with Gasteiger partial charge in [0.25, 0.3) is 0 Å². The van der Waals surface area contributed by atoms with Crippen LogP contribution in [-0.4, -0.2) is 96.7 Å². The first-order valence-corrected chi connectivity index (χ1v) is 46.5. The number of rotatable bonds is 83. The molecule has 0 aromatic heterocycles. The number of unbranched alkanes of at least 4 members (excludes halogenated alkanes) is 53. The average molecular weight is 1510 g/mol. The van der Waals surface area contributed by atoms with Gasteiger partial charge in [0.1, 0.15) is 19.3 Å². The van der Waals surface area contributed by atoms with E-state index in [0.29, 0.717) is 25.7 Å². The van der Waals surface area contributed by atoms with E-state index in [2.05, 4.69) is 41.5 Å². The lowest BCUT2D eigenvalue weighted by Crippen LogP contribution is -2.30. The van der Waals surface area contributed by atoms with Gasteiger partial charge in [-0.1, -0.05) is 395 Å². The number of esters is 4. The van der Waals surface area contributed by atoms with Gasteiger partial charge in [-0.3, -0.25) is 37.3 Å². The third-order valence-electron chi connectivity index (χ3n) is 19.7. The van der Waals surface area contributed by atoms with Crippen LogP contribution < -0.4 is 0 Å². The molecule has 0 aromatic carbocycles. The van der Waals surface area contributed by atoms with Gasteiger partial charge in [0.05, 0.1) is 26.4 Å². The van der Waals surface area contributed by atoms with Gasteiger partial charge in [0.15, 0.2) is 12.2 Å². The Labute approximate surface area is 632 Å². The molecule has 0 amide bonds. The highest BCUT2D eigenvalue weighted by Crippen LogP contribution is 2.45. The monoisotopic (exact) mass is 1510 g/mol. The summed E-state index contributed by atoms with van der Waals surface area (Å²) in [7, 11) is -9.92. The summed E-state index contributed by atoms with van der Waals surface area (Å²) in [6.45, 7) is 9.65. The molecule has 612 valence electrons. The summed E-state index contributed by atoms with van der Waals surface area (Å²) in [6, 6.07) is 0. The summed E-state index contributed by atoms with van der Waals surface area (Å²) in [5.41, 5.74) is 0. The SMILES string of the molecule is CCCCCCCCCCCCCCCCCCCCCCCC(=O)O[C@H](COC(=O)CCCCCCCCCCCCCCCCCC(C)C)COP(=O)(O)OC[C@@H](O)COP(=O)(O)OC[C@@H](COC(=O)CCCCCCCCCCC(C)C)OC(=O)CCCCCCCCCCCCCCC. The Morgan fingerprint density at radius 2 is 0.447 bits per heavy atom. The third-order valence-corrected chi connectivity index (χ3v) is 21.6. The maximum atomic E-state index is 13.1. The van der Waals surface area contributed by atoms with Gasteiger partial charge in [-0.2, -0.15) is 0 Å². The van der Waals surface area contributed by atoms with Crippen LogP contribution in [0.15, 0.2) is 0 Å². The van der Waals surface area contributed by atoms with E-state index < -0.39 is 97.5 Å². The molecular formula is C84H164O17P2. The molecule has 5 atom stereocenters. The van der Waals surface area contributed by atoms with E-state index in [9.17, 15) is 43.2 Å². The van der Waals surface area contributed by atoms with Crippen molar-refractivity contribution >= 4 is 39.5 Å². The van der Waals surface area contributed by atoms with Gasteiger partial charge in [-0.15, -0.1) is 0 Å². The molecule has 0 radical (unpaired) electrons. The van der Waals surface area contributed by atoms with Crippen molar-refractivity contribution in [3.05, 3.63) is 0 Å². The van der Waals surface area contributed by atoms with Gasteiger partial charge in [0, 0.05) is 25.7 Å². The van der Waals surface area contributed by atoms with E-state index in [-0.39, 0.29) is 25.7 Å². The smallest absolute Gasteiger partial charge is 0.462 e. The molecule has 0 spiro atoms. The van der Waals surface area contributed by atoms with Gasteiger partial charge < -0.3 is 33.8 Å². The minimum absolute atomic E-state index is 0.107. The Morgan fingerprint density at radius 3 is 0.660 bits per heavy atom. The van der Waals surface area contributed by atoms with Crippen LogP contribution in [0.5, 0.6) is 0 Å². The van der Waals surface area contributed by atoms with Crippen LogP contribution in [0.2, 0.25) is 0 Å². The number of carbonyl (C=O) groups excluding carboxylic acids is 4. The van der Waals surface area contributed by atoms with Gasteiger partial charge >= 0.3 is 39.5 Å². The van der Waals surface area contributed by atoms with E-state index in [1.165, 1.54) is 263 Å². The molecule has 19 heteroatoms. The Bertz CT molecular complexity index is 1980. The Kier molecular flexibility index (Phi) is 74.1. The maximum Gasteiger partial charge on any atom is 0.472 e. The van der Waals surface area contributed by atoms with Crippen LogP contribution in [-0.2, 0) is 65.4 Å². The molecule has 0 aliphatic heterocycles. The van der Waals surface area contributed by atoms with Crippen molar-refractivity contribution in [2.75, 3.05) is 39.6 Å². The molecule has 2 unspecified atom stereocenters. The number of aliphatic hydroxyl groups excluding tert-OH is 1. The van der Waals surface area contributed by atoms with Crippen molar-refractivity contribution in [1.29, 1.82) is 0 Å². The second kappa shape index (κ2) is 75.5. The zero-order chi connectivity index (χ0) is 75.6. The molecule has 103 heavy (non-hydrogen) atoms. The van der Waals surface area contributed by atoms with E-state index in [0.717, 1.165) is 102 Å². The van der Waals surface area contributed by atoms with Crippen LogP contribution in [0.1, 0.15) is 446 Å². The molecule has 0 saturated heterocycles. The maximum absolute atomic E-state index is 13.1. The zero-order valence-corrected chi connectivity index (χ0v) is 69.4. The molecule has 17 nitrogen and oxygen atoms in total. The van der Waals surface area contributed by atoms with Gasteiger partial charge in [0.2, 0.25) is 0 Å². The highest BCUT2D eigenvalue weighted by Gasteiger charge is 2.30. The van der Waals surface area contributed by atoms with Crippen LogP contribution in [0.3, 0.4) is 0 Å². The van der Waals surface area contributed by atoms with Crippen LogP contribution in [0.4, 0.5) is 0 Å². The van der Waals surface area contributed by atoms with Crippen molar-refractivity contribution in [2.45, 2.75) is 464 Å². The quantitative estimate of drug-likeness (QED) is 0.0222. The summed E-state index contributed by atoms with van der Waals surface area (Å²) in [6.07, 6.45) is 66.7. The zero-order valence-electron chi connectivity index (χ0n) is 67.6. The van der Waals surface area contributed by atoms with Crippen LogP contribution >= 0.6 is 15.6 Å². The van der Waals surface area contributed by atoms with Gasteiger partial charge in [-0.25, -0.2) is 9.13 Å². The predicted molar refractivity (Wildman–Crippen MR) is 423 cm³/mol. The molecular weight excluding hydrogens is 1340 g/mol. The fourth-order valence-electron chi connectivity index (χ4n) is 13.1. The predicted octanol–water partition coefficient (Wildman–Crippen LogP) is 25.5. The van der Waals surface area contributed by atoms with Crippen molar-refractivity contribution in [2.24, 2.45) is 11.8 Å². The van der Waals surface area contributed by atoms with Crippen LogP contribution in [0, 0.1) is 11.8 Å². The second-order valence-corrected chi connectivity index (χ2v) is 34.1. The van der Waals surface area contributed by atoms with Crippen molar-refractivity contribution in [1.82, 2.24) is 0 Å². The summed E-state index contributed by atoms with van der Waals surface area (Å²) in [4.78, 5) is 73.1. The lowest BCUT2D eigenvalue weighted by Gasteiger charge is -2.21. The highest BCUT2D eigenvalue weighted by molar-refractivity contribution is 7.47. The lowest BCUT2D eigenvalue weighted by atomic mass is 10.0. The van der Waals surface area contributed by atoms with Crippen molar-refractivity contribution in [3.8, 4) is 0 Å². The fraction of sp³-hybridized carbons (Fsp3) is 0.952. The molecule has 0 aliphatic carbocycles. The molecule has 0 rings (SSSR count). The Morgan fingerprint density at radius 1 is 0.262 bits per heavy atom.